The zero-order valence-electron chi connectivity index (χ0n) is 8.61. The van der Waals surface area contributed by atoms with Crippen LogP contribution < -0.4 is 10.1 Å². The average Bonchev–Trinajstić information content (AvgIpc) is 2.81. The van der Waals surface area contributed by atoms with Crippen molar-refractivity contribution < 1.29 is 9.15 Å². The van der Waals surface area contributed by atoms with Crippen molar-refractivity contribution in [2.45, 2.75) is 6.61 Å². The largest absolute Gasteiger partial charge is 0.468 e. The van der Waals surface area contributed by atoms with Crippen LogP contribution in [0.4, 0.5) is 5.95 Å². The van der Waals surface area contributed by atoms with Gasteiger partial charge in [0.15, 0.2) is 0 Å². The van der Waals surface area contributed by atoms with Crippen molar-refractivity contribution in [3.05, 3.63) is 35.4 Å². The van der Waals surface area contributed by atoms with Crippen molar-refractivity contribution in [2.75, 3.05) is 12.4 Å². The summed E-state index contributed by atoms with van der Waals surface area (Å²) in [6.07, 6.45) is 3.07. The highest BCUT2D eigenvalue weighted by Crippen LogP contribution is 2.22. The van der Waals surface area contributed by atoms with E-state index in [4.69, 9.17) is 20.8 Å². The second-order valence-electron chi connectivity index (χ2n) is 2.96. The predicted octanol–water partition coefficient (Wildman–Crippen LogP) is 2.34. The minimum atomic E-state index is 0.285. The number of ether oxygens (including phenoxy) is 1. The molecule has 2 rings (SSSR count). The molecule has 0 saturated carbocycles. The van der Waals surface area contributed by atoms with E-state index >= 15 is 0 Å². The molecule has 0 aliphatic rings. The summed E-state index contributed by atoms with van der Waals surface area (Å²) in [5, 5.41) is 3.17. The van der Waals surface area contributed by atoms with Crippen LogP contribution in [-0.4, -0.2) is 17.0 Å². The SMILES string of the molecule is CNc1ncc(Cl)c(OCc2ccco2)n1. The Balaban J connectivity index is 2.08. The van der Waals surface area contributed by atoms with Gasteiger partial charge in [0.2, 0.25) is 11.8 Å². The Morgan fingerprint density at radius 1 is 1.56 bits per heavy atom. The molecule has 0 fully saturated rings. The molecule has 0 spiro atoms. The Hall–Kier alpha value is -1.75. The van der Waals surface area contributed by atoms with Crippen molar-refractivity contribution in [1.82, 2.24) is 9.97 Å². The van der Waals surface area contributed by atoms with Crippen LogP contribution in [0, 0.1) is 0 Å². The second kappa shape index (κ2) is 4.85. The van der Waals surface area contributed by atoms with Gasteiger partial charge in [0.25, 0.3) is 0 Å². The van der Waals surface area contributed by atoms with Gasteiger partial charge in [-0.2, -0.15) is 4.98 Å². The molecule has 16 heavy (non-hydrogen) atoms. The Morgan fingerprint density at radius 2 is 2.44 bits per heavy atom. The molecule has 5 nitrogen and oxygen atoms in total. The van der Waals surface area contributed by atoms with Gasteiger partial charge in [0.05, 0.1) is 12.5 Å². The van der Waals surface area contributed by atoms with Gasteiger partial charge in [-0.3, -0.25) is 0 Å². The summed E-state index contributed by atoms with van der Waals surface area (Å²) < 4.78 is 10.5. The molecule has 0 aromatic carbocycles. The first kappa shape index (κ1) is 10.8. The third-order valence-corrected chi connectivity index (χ3v) is 2.13. The Labute approximate surface area is 97.4 Å². The summed E-state index contributed by atoms with van der Waals surface area (Å²) in [6.45, 7) is 0.285. The van der Waals surface area contributed by atoms with E-state index < -0.39 is 0 Å². The predicted molar refractivity (Wildman–Crippen MR) is 59.6 cm³/mol. The molecule has 84 valence electrons. The van der Waals surface area contributed by atoms with Gasteiger partial charge in [-0.25, -0.2) is 4.98 Å². The highest BCUT2D eigenvalue weighted by atomic mass is 35.5. The number of anilines is 1. The van der Waals surface area contributed by atoms with E-state index in [1.807, 2.05) is 6.07 Å². The van der Waals surface area contributed by atoms with Crippen LogP contribution in [0.1, 0.15) is 5.76 Å². The molecule has 0 amide bonds. The van der Waals surface area contributed by atoms with Crippen molar-refractivity contribution in [1.29, 1.82) is 0 Å². The van der Waals surface area contributed by atoms with Gasteiger partial charge in [0.1, 0.15) is 17.4 Å². The smallest absolute Gasteiger partial charge is 0.237 e. The summed E-state index contributed by atoms with van der Waals surface area (Å²) >= 11 is 5.88. The quantitative estimate of drug-likeness (QED) is 0.888. The van der Waals surface area contributed by atoms with Crippen LogP contribution in [0.5, 0.6) is 5.88 Å². The Bertz CT molecular complexity index is 459. The maximum atomic E-state index is 5.88. The van der Waals surface area contributed by atoms with Crippen LogP contribution in [-0.2, 0) is 6.61 Å². The molecule has 0 radical (unpaired) electrons. The normalized spacial score (nSPS) is 10.1. The Kier molecular flexibility index (Phi) is 3.26. The van der Waals surface area contributed by atoms with Gasteiger partial charge >= 0.3 is 0 Å². The molecule has 0 aliphatic heterocycles. The van der Waals surface area contributed by atoms with Crippen molar-refractivity contribution in [3.8, 4) is 5.88 Å². The molecule has 2 aromatic rings. The van der Waals surface area contributed by atoms with E-state index in [-0.39, 0.29) is 6.61 Å². The van der Waals surface area contributed by atoms with Crippen LogP contribution in [0.15, 0.2) is 29.0 Å². The monoisotopic (exact) mass is 239 g/mol. The lowest BCUT2D eigenvalue weighted by Gasteiger charge is -2.06. The van der Waals surface area contributed by atoms with Crippen molar-refractivity contribution in [3.63, 3.8) is 0 Å². The fourth-order valence-electron chi connectivity index (χ4n) is 1.11. The zero-order valence-corrected chi connectivity index (χ0v) is 9.36. The van der Waals surface area contributed by atoms with Crippen LogP contribution in [0.25, 0.3) is 0 Å². The molecule has 0 atom stereocenters. The lowest BCUT2D eigenvalue weighted by atomic mass is 10.5. The maximum absolute atomic E-state index is 5.88. The van der Waals surface area contributed by atoms with Crippen LogP contribution in [0.3, 0.4) is 0 Å². The summed E-state index contributed by atoms with van der Waals surface area (Å²) in [5.41, 5.74) is 0. The highest BCUT2D eigenvalue weighted by molar-refractivity contribution is 6.31. The number of hydrogen-bond acceptors (Lipinski definition) is 5. The van der Waals surface area contributed by atoms with E-state index in [2.05, 4.69) is 15.3 Å². The first-order chi connectivity index (χ1) is 7.79. The number of rotatable bonds is 4. The van der Waals surface area contributed by atoms with Gasteiger partial charge < -0.3 is 14.5 Å². The number of aromatic nitrogens is 2. The van der Waals surface area contributed by atoms with Crippen molar-refractivity contribution in [2.24, 2.45) is 0 Å². The minimum Gasteiger partial charge on any atom is -0.468 e. The summed E-state index contributed by atoms with van der Waals surface area (Å²) in [4.78, 5) is 8.02. The molecule has 6 heteroatoms. The Morgan fingerprint density at radius 3 is 3.12 bits per heavy atom. The fourth-order valence-corrected chi connectivity index (χ4v) is 1.25. The fraction of sp³-hybridized carbons (Fsp3) is 0.200. The molecule has 0 bridgehead atoms. The van der Waals surface area contributed by atoms with Gasteiger partial charge in [0, 0.05) is 7.05 Å². The number of hydrogen-bond donors (Lipinski definition) is 1. The number of halogens is 1. The minimum absolute atomic E-state index is 0.285. The van der Waals surface area contributed by atoms with E-state index in [9.17, 15) is 0 Å². The van der Waals surface area contributed by atoms with Gasteiger partial charge in [-0.05, 0) is 12.1 Å². The number of furan rings is 1. The zero-order chi connectivity index (χ0) is 11.4. The third kappa shape index (κ3) is 2.43. The lowest BCUT2D eigenvalue weighted by Crippen LogP contribution is -2.01. The average molecular weight is 240 g/mol. The topological polar surface area (TPSA) is 60.2 Å². The second-order valence-corrected chi connectivity index (χ2v) is 3.37. The molecule has 0 saturated heterocycles. The lowest BCUT2D eigenvalue weighted by molar-refractivity contribution is 0.260. The molecule has 2 heterocycles. The standard InChI is InChI=1S/C10H10ClN3O2/c1-12-10-13-5-8(11)9(14-10)16-6-7-3-2-4-15-7/h2-5H,6H2,1H3,(H,12,13,14). The molecule has 1 N–H and O–H groups in total. The number of nitrogens with one attached hydrogen (secondary N) is 1. The van der Waals surface area contributed by atoms with Crippen LogP contribution in [0.2, 0.25) is 5.02 Å². The van der Waals surface area contributed by atoms with E-state index in [1.165, 1.54) is 6.20 Å². The van der Waals surface area contributed by atoms with Gasteiger partial charge in [-0.15, -0.1) is 0 Å². The number of nitrogens with zero attached hydrogens (tertiary/aromatic N) is 2. The molecular weight excluding hydrogens is 230 g/mol. The summed E-state index contributed by atoms with van der Waals surface area (Å²) in [5.74, 6) is 1.50. The maximum Gasteiger partial charge on any atom is 0.237 e. The molecular formula is C10H10ClN3O2. The summed E-state index contributed by atoms with van der Waals surface area (Å²) in [6, 6.07) is 3.60. The molecule has 2 aromatic heterocycles. The van der Waals surface area contributed by atoms with Crippen molar-refractivity contribution >= 4 is 17.5 Å². The van der Waals surface area contributed by atoms with E-state index in [1.54, 1.807) is 19.4 Å². The van der Waals surface area contributed by atoms with E-state index in [0.29, 0.717) is 22.6 Å². The summed E-state index contributed by atoms with van der Waals surface area (Å²) in [7, 11) is 1.72. The van der Waals surface area contributed by atoms with E-state index in [0.717, 1.165) is 0 Å². The highest BCUT2D eigenvalue weighted by Gasteiger charge is 2.06. The molecule has 0 unspecified atom stereocenters. The first-order valence-electron chi connectivity index (χ1n) is 4.65. The first-order valence-corrected chi connectivity index (χ1v) is 5.03. The third-order valence-electron chi connectivity index (χ3n) is 1.87. The van der Waals surface area contributed by atoms with Crippen LogP contribution >= 0.6 is 11.6 Å². The van der Waals surface area contributed by atoms with Gasteiger partial charge in [-0.1, -0.05) is 11.6 Å². The molecule has 0 aliphatic carbocycles.